The molecule has 2 N–H and O–H groups in total. The van der Waals surface area contributed by atoms with Gasteiger partial charge in [-0.1, -0.05) is 12.1 Å². The van der Waals surface area contributed by atoms with E-state index in [0.29, 0.717) is 18.4 Å². The Kier molecular flexibility index (Phi) is 3.74. The van der Waals surface area contributed by atoms with Gasteiger partial charge in [0.25, 0.3) is 0 Å². The standard InChI is InChI=1S/C10H13FN2O2/c1-7(12)5-6-8-3-2-4-9(10(8)11)13(14)15/h2-4,7H,5-6,12H2,1H3/t7-/m0/s1. The highest BCUT2D eigenvalue weighted by Gasteiger charge is 2.16. The van der Waals surface area contributed by atoms with Gasteiger partial charge < -0.3 is 5.73 Å². The summed E-state index contributed by atoms with van der Waals surface area (Å²) in [7, 11) is 0. The van der Waals surface area contributed by atoms with Crippen molar-refractivity contribution >= 4 is 5.69 Å². The van der Waals surface area contributed by atoms with E-state index < -0.39 is 16.4 Å². The second-order valence-corrected chi connectivity index (χ2v) is 3.52. The Labute approximate surface area is 87.0 Å². The van der Waals surface area contributed by atoms with Crippen molar-refractivity contribution < 1.29 is 9.31 Å². The van der Waals surface area contributed by atoms with Crippen LogP contribution in [0.2, 0.25) is 0 Å². The summed E-state index contributed by atoms with van der Waals surface area (Å²) in [6.45, 7) is 1.81. The third-order valence-electron chi connectivity index (χ3n) is 2.12. The van der Waals surface area contributed by atoms with Gasteiger partial charge in [-0.3, -0.25) is 10.1 Å². The molecule has 0 aliphatic rings. The lowest BCUT2D eigenvalue weighted by Crippen LogP contribution is -2.15. The van der Waals surface area contributed by atoms with Crippen molar-refractivity contribution in [2.45, 2.75) is 25.8 Å². The van der Waals surface area contributed by atoms with Crippen LogP contribution >= 0.6 is 0 Å². The fraction of sp³-hybridized carbons (Fsp3) is 0.400. The van der Waals surface area contributed by atoms with Gasteiger partial charge in [-0.05, 0) is 25.3 Å². The summed E-state index contributed by atoms with van der Waals surface area (Å²) in [6, 6.07) is 4.15. The number of hydrogen-bond donors (Lipinski definition) is 1. The van der Waals surface area contributed by atoms with Crippen LogP contribution in [0.3, 0.4) is 0 Å². The number of aryl methyl sites for hydroxylation is 1. The summed E-state index contributed by atoms with van der Waals surface area (Å²) in [5.41, 5.74) is 5.41. The quantitative estimate of drug-likeness (QED) is 0.613. The third-order valence-corrected chi connectivity index (χ3v) is 2.12. The van der Waals surface area contributed by atoms with E-state index in [4.69, 9.17) is 5.73 Å². The van der Waals surface area contributed by atoms with Gasteiger partial charge in [-0.2, -0.15) is 4.39 Å². The van der Waals surface area contributed by atoms with E-state index in [1.807, 2.05) is 6.92 Å². The van der Waals surface area contributed by atoms with E-state index in [1.165, 1.54) is 6.07 Å². The molecule has 0 saturated carbocycles. The molecule has 0 aromatic heterocycles. The van der Waals surface area contributed by atoms with Crippen LogP contribution in [0.15, 0.2) is 18.2 Å². The molecule has 0 fully saturated rings. The zero-order valence-electron chi connectivity index (χ0n) is 8.44. The van der Waals surface area contributed by atoms with Crippen molar-refractivity contribution in [1.82, 2.24) is 0 Å². The minimum absolute atomic E-state index is 0.0383. The Hall–Kier alpha value is -1.49. The molecule has 1 aromatic rings. The molecular formula is C10H13FN2O2. The Morgan fingerprint density at radius 3 is 2.80 bits per heavy atom. The lowest BCUT2D eigenvalue weighted by molar-refractivity contribution is -0.387. The average Bonchev–Trinajstić information content (AvgIpc) is 2.15. The summed E-state index contributed by atoms with van der Waals surface area (Å²) in [4.78, 5) is 9.74. The molecule has 0 bridgehead atoms. The van der Waals surface area contributed by atoms with Crippen LogP contribution in [0, 0.1) is 15.9 Å². The van der Waals surface area contributed by atoms with Crippen LogP contribution < -0.4 is 5.73 Å². The second kappa shape index (κ2) is 4.84. The summed E-state index contributed by atoms with van der Waals surface area (Å²) < 4.78 is 13.5. The molecule has 0 saturated heterocycles. The molecule has 0 heterocycles. The highest BCUT2D eigenvalue weighted by Crippen LogP contribution is 2.21. The zero-order chi connectivity index (χ0) is 11.4. The highest BCUT2D eigenvalue weighted by molar-refractivity contribution is 5.36. The van der Waals surface area contributed by atoms with Gasteiger partial charge in [0.15, 0.2) is 0 Å². The minimum atomic E-state index is -0.747. The Balaban J connectivity index is 2.89. The van der Waals surface area contributed by atoms with Gasteiger partial charge in [0.1, 0.15) is 0 Å². The van der Waals surface area contributed by atoms with E-state index >= 15 is 0 Å². The lowest BCUT2D eigenvalue weighted by atomic mass is 10.1. The van der Waals surface area contributed by atoms with E-state index in [0.717, 1.165) is 6.07 Å². The maximum absolute atomic E-state index is 13.5. The summed E-state index contributed by atoms with van der Waals surface area (Å²) in [6.07, 6.45) is 1.03. The monoisotopic (exact) mass is 212 g/mol. The predicted molar refractivity (Wildman–Crippen MR) is 55.0 cm³/mol. The van der Waals surface area contributed by atoms with Gasteiger partial charge in [0, 0.05) is 12.1 Å². The van der Waals surface area contributed by atoms with Crippen molar-refractivity contribution in [3.05, 3.63) is 39.7 Å². The molecule has 0 amide bonds. The Morgan fingerprint density at radius 2 is 2.27 bits per heavy atom. The minimum Gasteiger partial charge on any atom is -0.328 e. The number of nitro benzene ring substituents is 1. The first-order chi connectivity index (χ1) is 7.02. The van der Waals surface area contributed by atoms with Crippen molar-refractivity contribution in [2.24, 2.45) is 5.73 Å². The van der Waals surface area contributed by atoms with Crippen LogP contribution in [0.1, 0.15) is 18.9 Å². The van der Waals surface area contributed by atoms with Crippen LogP contribution in [0.25, 0.3) is 0 Å². The summed E-state index contributed by atoms with van der Waals surface area (Å²) in [5.74, 6) is -0.747. The van der Waals surface area contributed by atoms with Crippen molar-refractivity contribution in [1.29, 1.82) is 0 Å². The molecule has 82 valence electrons. The lowest BCUT2D eigenvalue weighted by Gasteiger charge is -2.05. The molecule has 0 unspecified atom stereocenters. The maximum atomic E-state index is 13.5. The number of hydrogen-bond acceptors (Lipinski definition) is 3. The first-order valence-corrected chi connectivity index (χ1v) is 4.69. The third kappa shape index (κ3) is 2.99. The number of benzene rings is 1. The zero-order valence-corrected chi connectivity index (χ0v) is 8.44. The fourth-order valence-corrected chi connectivity index (χ4v) is 1.28. The first-order valence-electron chi connectivity index (χ1n) is 4.69. The molecular weight excluding hydrogens is 199 g/mol. The molecule has 0 aliphatic heterocycles. The van der Waals surface area contributed by atoms with Crippen LogP contribution in [0.4, 0.5) is 10.1 Å². The number of nitrogens with zero attached hydrogens (tertiary/aromatic N) is 1. The highest BCUT2D eigenvalue weighted by atomic mass is 19.1. The normalized spacial score (nSPS) is 12.5. The van der Waals surface area contributed by atoms with Gasteiger partial charge in [0.05, 0.1) is 4.92 Å². The van der Waals surface area contributed by atoms with Crippen molar-refractivity contribution in [3.63, 3.8) is 0 Å². The number of nitrogens with two attached hydrogens (primary N) is 1. The average molecular weight is 212 g/mol. The molecule has 1 aromatic carbocycles. The topological polar surface area (TPSA) is 69.2 Å². The largest absolute Gasteiger partial charge is 0.328 e. The van der Waals surface area contributed by atoms with Gasteiger partial charge >= 0.3 is 5.69 Å². The molecule has 5 heteroatoms. The Morgan fingerprint density at radius 1 is 1.60 bits per heavy atom. The maximum Gasteiger partial charge on any atom is 0.305 e. The van der Waals surface area contributed by atoms with Gasteiger partial charge in [-0.15, -0.1) is 0 Å². The number of halogens is 1. The smallest absolute Gasteiger partial charge is 0.305 e. The van der Waals surface area contributed by atoms with Crippen molar-refractivity contribution in [3.8, 4) is 0 Å². The van der Waals surface area contributed by atoms with Gasteiger partial charge in [0.2, 0.25) is 5.82 Å². The summed E-state index contributed by atoms with van der Waals surface area (Å²) >= 11 is 0. The number of nitro groups is 1. The molecule has 1 rings (SSSR count). The SMILES string of the molecule is C[C@H](N)CCc1cccc([N+](=O)[O-])c1F. The summed E-state index contributed by atoms with van der Waals surface area (Å²) in [5, 5.41) is 10.5. The van der Waals surface area contributed by atoms with E-state index in [1.54, 1.807) is 6.07 Å². The number of rotatable bonds is 4. The van der Waals surface area contributed by atoms with E-state index in [-0.39, 0.29) is 6.04 Å². The molecule has 15 heavy (non-hydrogen) atoms. The molecule has 0 aliphatic carbocycles. The second-order valence-electron chi connectivity index (χ2n) is 3.52. The van der Waals surface area contributed by atoms with Crippen LogP contribution in [-0.4, -0.2) is 11.0 Å². The molecule has 0 spiro atoms. The molecule has 4 nitrogen and oxygen atoms in total. The van der Waals surface area contributed by atoms with E-state index in [9.17, 15) is 14.5 Å². The van der Waals surface area contributed by atoms with Crippen LogP contribution in [-0.2, 0) is 6.42 Å². The van der Waals surface area contributed by atoms with Crippen molar-refractivity contribution in [2.75, 3.05) is 0 Å². The van der Waals surface area contributed by atoms with E-state index in [2.05, 4.69) is 0 Å². The molecule has 1 atom stereocenters. The Bertz CT molecular complexity index is 366. The first kappa shape index (κ1) is 11.6. The molecule has 0 radical (unpaired) electrons. The van der Waals surface area contributed by atoms with Gasteiger partial charge in [-0.25, -0.2) is 0 Å². The predicted octanol–water partition coefficient (Wildman–Crippen LogP) is 2.01. The van der Waals surface area contributed by atoms with Crippen LogP contribution in [0.5, 0.6) is 0 Å². The fourth-order valence-electron chi connectivity index (χ4n) is 1.28.